The Bertz CT molecular complexity index is 461. The Hall–Kier alpha value is -0.870. The highest BCUT2D eigenvalue weighted by Gasteiger charge is 2.33. The molecule has 0 bridgehead atoms. The standard InChI is InChI=1S/C10H13NO2S/c1-8-3-4-10(9(2)7-8)14(12,13)11-5-6-11/h3-4,7H,5-6H2,1-2H3. The van der Waals surface area contributed by atoms with Crippen LogP contribution < -0.4 is 0 Å². The van der Waals surface area contributed by atoms with Gasteiger partial charge in [-0.25, -0.2) is 8.42 Å². The van der Waals surface area contributed by atoms with Gasteiger partial charge < -0.3 is 0 Å². The highest BCUT2D eigenvalue weighted by atomic mass is 32.2. The van der Waals surface area contributed by atoms with Crippen LogP contribution in [0.25, 0.3) is 0 Å². The van der Waals surface area contributed by atoms with Gasteiger partial charge in [-0.3, -0.25) is 0 Å². The second kappa shape index (κ2) is 3.07. The van der Waals surface area contributed by atoms with Crippen LogP contribution in [0.1, 0.15) is 11.1 Å². The van der Waals surface area contributed by atoms with Gasteiger partial charge in [-0.2, -0.15) is 4.31 Å². The average Bonchev–Trinajstić information content (AvgIpc) is 2.84. The van der Waals surface area contributed by atoms with E-state index >= 15 is 0 Å². The molecule has 0 radical (unpaired) electrons. The van der Waals surface area contributed by atoms with Crippen LogP contribution in [0, 0.1) is 13.8 Å². The Kier molecular flexibility index (Phi) is 2.12. The van der Waals surface area contributed by atoms with E-state index in [0.717, 1.165) is 11.1 Å². The maximum atomic E-state index is 11.9. The molecule has 4 heteroatoms. The van der Waals surface area contributed by atoms with Crippen LogP contribution in [0.4, 0.5) is 0 Å². The number of rotatable bonds is 2. The summed E-state index contributed by atoms with van der Waals surface area (Å²) in [5.41, 5.74) is 1.92. The third kappa shape index (κ3) is 1.55. The molecule has 0 unspecified atom stereocenters. The molecular weight excluding hydrogens is 198 g/mol. The molecule has 0 N–H and O–H groups in total. The van der Waals surface area contributed by atoms with Crippen molar-refractivity contribution < 1.29 is 8.42 Å². The molecule has 2 rings (SSSR count). The molecule has 3 nitrogen and oxygen atoms in total. The van der Waals surface area contributed by atoms with E-state index in [-0.39, 0.29) is 0 Å². The van der Waals surface area contributed by atoms with Crippen LogP contribution in [0.15, 0.2) is 23.1 Å². The average molecular weight is 211 g/mol. The molecule has 1 aromatic rings. The molecule has 0 aromatic heterocycles. The van der Waals surface area contributed by atoms with Gasteiger partial charge in [-0.1, -0.05) is 17.7 Å². The molecule has 1 aromatic carbocycles. The number of sulfonamides is 1. The van der Waals surface area contributed by atoms with Gasteiger partial charge in [0.1, 0.15) is 0 Å². The van der Waals surface area contributed by atoms with E-state index in [1.807, 2.05) is 26.0 Å². The molecule has 1 aliphatic heterocycles. The van der Waals surface area contributed by atoms with Crippen LogP contribution in [-0.2, 0) is 10.0 Å². The summed E-state index contributed by atoms with van der Waals surface area (Å²) in [6, 6.07) is 5.43. The zero-order valence-corrected chi connectivity index (χ0v) is 9.13. The van der Waals surface area contributed by atoms with Gasteiger partial charge in [0.2, 0.25) is 10.0 Å². The van der Waals surface area contributed by atoms with Crippen molar-refractivity contribution in [1.82, 2.24) is 4.31 Å². The molecule has 1 saturated heterocycles. The zero-order chi connectivity index (χ0) is 10.3. The minimum Gasteiger partial charge on any atom is -0.207 e. The van der Waals surface area contributed by atoms with Crippen molar-refractivity contribution in [3.05, 3.63) is 29.3 Å². The SMILES string of the molecule is Cc1ccc(S(=O)(=O)N2CC2)c(C)c1. The number of hydrogen-bond acceptors (Lipinski definition) is 2. The van der Waals surface area contributed by atoms with E-state index in [9.17, 15) is 8.42 Å². The summed E-state index contributed by atoms with van der Waals surface area (Å²) in [5.74, 6) is 0. The van der Waals surface area contributed by atoms with Crippen LogP contribution in [0.5, 0.6) is 0 Å². The van der Waals surface area contributed by atoms with Gasteiger partial charge in [-0.15, -0.1) is 0 Å². The second-order valence-corrected chi connectivity index (χ2v) is 5.58. The quantitative estimate of drug-likeness (QED) is 0.692. The lowest BCUT2D eigenvalue weighted by atomic mass is 10.2. The van der Waals surface area contributed by atoms with E-state index < -0.39 is 10.0 Å². The van der Waals surface area contributed by atoms with Crippen molar-refractivity contribution >= 4 is 10.0 Å². The van der Waals surface area contributed by atoms with Crippen LogP contribution in [0.3, 0.4) is 0 Å². The number of hydrogen-bond donors (Lipinski definition) is 0. The fourth-order valence-electron chi connectivity index (χ4n) is 1.51. The van der Waals surface area contributed by atoms with E-state index in [1.54, 1.807) is 6.07 Å². The summed E-state index contributed by atoms with van der Waals surface area (Å²) in [7, 11) is -3.18. The molecule has 0 amide bonds. The minimum absolute atomic E-state index is 0.445. The van der Waals surface area contributed by atoms with Crippen LogP contribution >= 0.6 is 0 Å². The monoisotopic (exact) mass is 211 g/mol. The lowest BCUT2D eigenvalue weighted by molar-refractivity contribution is 0.562. The minimum atomic E-state index is -3.18. The fourth-order valence-corrected chi connectivity index (χ4v) is 3.06. The van der Waals surface area contributed by atoms with Crippen LogP contribution in [0.2, 0.25) is 0 Å². The highest BCUT2D eigenvalue weighted by molar-refractivity contribution is 7.89. The maximum absolute atomic E-state index is 11.9. The predicted molar refractivity (Wildman–Crippen MR) is 54.7 cm³/mol. The lowest BCUT2D eigenvalue weighted by Crippen LogP contribution is -2.13. The molecule has 1 heterocycles. The molecule has 0 saturated carbocycles. The number of nitrogens with zero attached hydrogens (tertiary/aromatic N) is 1. The summed E-state index contributed by atoms with van der Waals surface area (Å²) in [6.07, 6.45) is 0. The molecule has 1 fully saturated rings. The lowest BCUT2D eigenvalue weighted by Gasteiger charge is -2.07. The molecule has 0 spiro atoms. The summed E-state index contributed by atoms with van der Waals surface area (Å²) in [6.45, 7) is 5.12. The Labute approximate surface area is 84.4 Å². The normalized spacial score (nSPS) is 17.0. The summed E-state index contributed by atoms with van der Waals surface area (Å²) < 4.78 is 25.2. The first kappa shape index (κ1) is 9.68. The van der Waals surface area contributed by atoms with Crippen molar-refractivity contribution in [3.63, 3.8) is 0 Å². The topological polar surface area (TPSA) is 37.1 Å². The Morgan fingerprint density at radius 2 is 1.86 bits per heavy atom. The first-order valence-electron chi connectivity index (χ1n) is 4.59. The maximum Gasteiger partial charge on any atom is 0.243 e. The first-order valence-corrected chi connectivity index (χ1v) is 6.03. The van der Waals surface area contributed by atoms with Crippen molar-refractivity contribution in [2.24, 2.45) is 0 Å². The van der Waals surface area contributed by atoms with Crippen molar-refractivity contribution in [1.29, 1.82) is 0 Å². The van der Waals surface area contributed by atoms with Gasteiger partial charge in [0, 0.05) is 13.1 Å². The van der Waals surface area contributed by atoms with Crippen molar-refractivity contribution in [3.8, 4) is 0 Å². The van der Waals surface area contributed by atoms with Crippen LogP contribution in [-0.4, -0.2) is 25.8 Å². The zero-order valence-electron chi connectivity index (χ0n) is 8.32. The summed E-state index contributed by atoms with van der Waals surface area (Å²) in [4.78, 5) is 0.445. The largest absolute Gasteiger partial charge is 0.243 e. The Morgan fingerprint density at radius 1 is 1.21 bits per heavy atom. The van der Waals surface area contributed by atoms with Gasteiger partial charge >= 0.3 is 0 Å². The number of benzene rings is 1. The Morgan fingerprint density at radius 3 is 2.36 bits per heavy atom. The van der Waals surface area contributed by atoms with Gasteiger partial charge in [-0.05, 0) is 25.5 Å². The third-order valence-corrected chi connectivity index (χ3v) is 4.41. The molecule has 76 valence electrons. The second-order valence-electron chi connectivity index (χ2n) is 3.67. The van der Waals surface area contributed by atoms with E-state index in [4.69, 9.17) is 0 Å². The van der Waals surface area contributed by atoms with Gasteiger partial charge in [0.25, 0.3) is 0 Å². The van der Waals surface area contributed by atoms with Crippen molar-refractivity contribution in [2.75, 3.05) is 13.1 Å². The molecule has 0 atom stereocenters. The highest BCUT2D eigenvalue weighted by Crippen LogP contribution is 2.24. The molecule has 1 aliphatic rings. The third-order valence-electron chi connectivity index (χ3n) is 2.35. The van der Waals surface area contributed by atoms with Gasteiger partial charge in [0.15, 0.2) is 0 Å². The van der Waals surface area contributed by atoms with E-state index in [0.29, 0.717) is 18.0 Å². The molecule has 14 heavy (non-hydrogen) atoms. The Balaban J connectivity index is 2.51. The van der Waals surface area contributed by atoms with Gasteiger partial charge in [0.05, 0.1) is 4.90 Å². The summed E-state index contributed by atoms with van der Waals surface area (Å²) >= 11 is 0. The van der Waals surface area contributed by atoms with E-state index in [1.165, 1.54) is 4.31 Å². The molecular formula is C10H13NO2S. The predicted octanol–water partition coefficient (Wildman–Crippen LogP) is 1.31. The smallest absolute Gasteiger partial charge is 0.207 e. The fraction of sp³-hybridized carbons (Fsp3) is 0.400. The molecule has 0 aliphatic carbocycles. The van der Waals surface area contributed by atoms with E-state index in [2.05, 4.69) is 0 Å². The number of aryl methyl sites for hydroxylation is 2. The summed E-state index contributed by atoms with van der Waals surface area (Å²) in [5, 5.41) is 0. The first-order chi connectivity index (χ1) is 6.51. The van der Waals surface area contributed by atoms with Crippen molar-refractivity contribution in [2.45, 2.75) is 18.7 Å².